The molecule has 0 unspecified atom stereocenters. The summed E-state index contributed by atoms with van der Waals surface area (Å²) in [4.78, 5) is 0. The van der Waals surface area contributed by atoms with Crippen LogP contribution in [0.5, 0.6) is 5.75 Å². The Hall–Kier alpha value is -1.75. The number of halogens is 1. The summed E-state index contributed by atoms with van der Waals surface area (Å²) in [5, 5.41) is 0. The number of ether oxygens (including phenoxy) is 1. The lowest BCUT2D eigenvalue weighted by molar-refractivity contribution is 0.304. The van der Waals surface area contributed by atoms with Crippen LogP contribution in [0.1, 0.15) is 57.9 Å². The van der Waals surface area contributed by atoms with Gasteiger partial charge in [-0.3, -0.25) is 0 Å². The highest BCUT2D eigenvalue weighted by atomic mass is 19.1. The van der Waals surface area contributed by atoms with E-state index in [2.05, 4.69) is 24.8 Å². The fraction of sp³-hybridized carbons (Fsp3) is 0.524. The molecule has 0 bridgehead atoms. The number of hydrogen-bond acceptors (Lipinski definition) is 1. The van der Waals surface area contributed by atoms with Gasteiger partial charge in [0.05, 0.1) is 12.2 Å². The Bertz CT molecular complexity index is 571. The van der Waals surface area contributed by atoms with E-state index in [1.54, 1.807) is 12.1 Å². The molecule has 0 atom stereocenters. The molecule has 1 aliphatic rings. The molecule has 124 valence electrons. The van der Waals surface area contributed by atoms with Crippen molar-refractivity contribution in [1.29, 1.82) is 0 Å². The molecule has 0 N–H and O–H groups in total. The minimum absolute atomic E-state index is 0.317. The van der Waals surface area contributed by atoms with E-state index in [4.69, 9.17) is 4.74 Å². The number of allylic oxidation sites excluding steroid dienone is 2. The Balaban J connectivity index is 1.88. The van der Waals surface area contributed by atoms with Crippen molar-refractivity contribution in [2.24, 2.45) is 11.8 Å². The summed E-state index contributed by atoms with van der Waals surface area (Å²) in [6.45, 7) is 4.91. The zero-order chi connectivity index (χ0) is 16.5. The second-order valence-corrected chi connectivity index (χ2v) is 6.31. The van der Waals surface area contributed by atoms with Crippen LogP contribution >= 0.6 is 0 Å². The van der Waals surface area contributed by atoms with E-state index in [0.29, 0.717) is 23.8 Å². The molecule has 1 aromatic carbocycles. The fourth-order valence-corrected chi connectivity index (χ4v) is 3.00. The maximum Gasteiger partial charge on any atom is 0.142 e. The Morgan fingerprint density at radius 3 is 2.65 bits per heavy atom. The first-order valence-corrected chi connectivity index (χ1v) is 8.83. The van der Waals surface area contributed by atoms with Crippen LogP contribution in [0.25, 0.3) is 0 Å². The number of benzene rings is 1. The maximum atomic E-state index is 13.9. The molecule has 0 radical (unpaired) electrons. The molecule has 2 rings (SSSR count). The normalized spacial score (nSPS) is 21.0. The van der Waals surface area contributed by atoms with Gasteiger partial charge in [-0.1, -0.05) is 38.2 Å². The van der Waals surface area contributed by atoms with Gasteiger partial charge in [-0.25, -0.2) is 4.39 Å². The Labute approximate surface area is 139 Å². The molecule has 0 heterocycles. The van der Waals surface area contributed by atoms with E-state index >= 15 is 0 Å². The zero-order valence-corrected chi connectivity index (χ0v) is 14.3. The highest BCUT2D eigenvalue weighted by Gasteiger charge is 2.17. The van der Waals surface area contributed by atoms with Crippen molar-refractivity contribution in [3.8, 4) is 17.6 Å². The predicted molar refractivity (Wildman–Crippen MR) is 93.9 cm³/mol. The average molecular weight is 314 g/mol. The maximum absolute atomic E-state index is 13.9. The van der Waals surface area contributed by atoms with Crippen molar-refractivity contribution >= 4 is 0 Å². The summed E-state index contributed by atoms with van der Waals surface area (Å²) in [6, 6.07) is 4.88. The van der Waals surface area contributed by atoms with Gasteiger partial charge in [-0.05, 0) is 62.1 Å². The molecule has 1 fully saturated rings. The molecule has 0 aromatic heterocycles. The SMILES string of the molecule is CCCOc1ccc(C#C/C=C/C2CCC(CC)CC2)c(F)c1. The van der Waals surface area contributed by atoms with Crippen molar-refractivity contribution < 1.29 is 9.13 Å². The standard InChI is InChI=1S/C21H27FO/c1-3-15-23-20-14-13-19(21(22)16-20)8-6-5-7-18-11-9-17(4-2)10-12-18/h5,7,13-14,16-18H,3-4,9-12,15H2,1-2H3/b7-5+. The third-order valence-electron chi connectivity index (χ3n) is 4.54. The smallest absolute Gasteiger partial charge is 0.142 e. The lowest BCUT2D eigenvalue weighted by atomic mass is 9.81. The molecule has 1 aliphatic carbocycles. The van der Waals surface area contributed by atoms with Gasteiger partial charge in [-0.15, -0.1) is 0 Å². The van der Waals surface area contributed by atoms with Crippen molar-refractivity contribution in [3.05, 3.63) is 41.7 Å². The summed E-state index contributed by atoms with van der Waals surface area (Å²) < 4.78 is 19.3. The molecule has 1 aromatic rings. The van der Waals surface area contributed by atoms with Crippen molar-refractivity contribution in [1.82, 2.24) is 0 Å². The first-order chi connectivity index (χ1) is 11.2. The monoisotopic (exact) mass is 314 g/mol. The van der Waals surface area contributed by atoms with E-state index in [0.717, 1.165) is 12.3 Å². The molecule has 0 spiro atoms. The van der Waals surface area contributed by atoms with Gasteiger partial charge in [0.25, 0.3) is 0 Å². The van der Waals surface area contributed by atoms with Gasteiger partial charge in [-0.2, -0.15) is 0 Å². The minimum atomic E-state index is -0.317. The summed E-state index contributed by atoms with van der Waals surface area (Å²) >= 11 is 0. The Morgan fingerprint density at radius 2 is 2.00 bits per heavy atom. The third-order valence-corrected chi connectivity index (χ3v) is 4.54. The van der Waals surface area contributed by atoms with E-state index < -0.39 is 0 Å². The first kappa shape index (κ1) is 17.6. The lowest BCUT2D eigenvalue weighted by Crippen LogP contribution is -2.11. The number of hydrogen-bond donors (Lipinski definition) is 0. The predicted octanol–water partition coefficient (Wildman–Crippen LogP) is 5.74. The van der Waals surface area contributed by atoms with Gasteiger partial charge in [0.15, 0.2) is 0 Å². The summed E-state index contributed by atoms with van der Waals surface area (Å²) in [5.74, 6) is 7.66. The molecule has 0 saturated heterocycles. The highest BCUT2D eigenvalue weighted by molar-refractivity contribution is 5.41. The summed E-state index contributed by atoms with van der Waals surface area (Å²) in [5.41, 5.74) is 0.424. The van der Waals surface area contributed by atoms with Crippen molar-refractivity contribution in [3.63, 3.8) is 0 Å². The summed E-state index contributed by atoms with van der Waals surface area (Å²) in [6.07, 6.45) is 11.5. The average Bonchev–Trinajstić information content (AvgIpc) is 2.58. The molecule has 1 nitrogen and oxygen atoms in total. The fourth-order valence-electron chi connectivity index (χ4n) is 3.00. The zero-order valence-electron chi connectivity index (χ0n) is 14.3. The van der Waals surface area contributed by atoms with Crippen LogP contribution in [0.15, 0.2) is 30.4 Å². The Morgan fingerprint density at radius 1 is 1.22 bits per heavy atom. The van der Waals surface area contributed by atoms with E-state index in [1.807, 2.05) is 13.0 Å². The minimum Gasteiger partial charge on any atom is -0.494 e. The second-order valence-electron chi connectivity index (χ2n) is 6.31. The van der Waals surface area contributed by atoms with Crippen LogP contribution in [0.2, 0.25) is 0 Å². The van der Waals surface area contributed by atoms with Crippen LogP contribution in [0.4, 0.5) is 4.39 Å². The lowest BCUT2D eigenvalue weighted by Gasteiger charge is -2.25. The van der Waals surface area contributed by atoms with E-state index in [9.17, 15) is 4.39 Å². The van der Waals surface area contributed by atoms with Crippen molar-refractivity contribution in [2.45, 2.75) is 52.4 Å². The molecular weight excluding hydrogens is 287 g/mol. The topological polar surface area (TPSA) is 9.23 Å². The van der Waals surface area contributed by atoms with Gasteiger partial charge in [0.1, 0.15) is 11.6 Å². The largest absolute Gasteiger partial charge is 0.494 e. The third kappa shape index (κ3) is 5.75. The van der Waals surface area contributed by atoms with Gasteiger partial charge >= 0.3 is 0 Å². The molecule has 2 heteroatoms. The molecular formula is C21H27FO. The van der Waals surface area contributed by atoms with Crippen LogP contribution in [-0.4, -0.2) is 6.61 Å². The van der Waals surface area contributed by atoms with Gasteiger partial charge < -0.3 is 4.74 Å². The first-order valence-electron chi connectivity index (χ1n) is 8.83. The number of rotatable bonds is 5. The second kappa shape index (κ2) is 9.40. The van der Waals surface area contributed by atoms with Crippen molar-refractivity contribution in [2.75, 3.05) is 6.61 Å². The van der Waals surface area contributed by atoms with Crippen LogP contribution in [0.3, 0.4) is 0 Å². The van der Waals surface area contributed by atoms with E-state index in [1.165, 1.54) is 38.2 Å². The molecule has 1 saturated carbocycles. The highest BCUT2D eigenvalue weighted by Crippen LogP contribution is 2.31. The van der Waals surface area contributed by atoms with E-state index in [-0.39, 0.29) is 5.82 Å². The van der Waals surface area contributed by atoms with Gasteiger partial charge in [0, 0.05) is 6.07 Å². The molecule has 23 heavy (non-hydrogen) atoms. The van der Waals surface area contributed by atoms with Crippen LogP contribution in [0, 0.1) is 29.5 Å². The quantitative estimate of drug-likeness (QED) is 0.630. The van der Waals surface area contributed by atoms with Crippen LogP contribution in [-0.2, 0) is 0 Å². The van der Waals surface area contributed by atoms with Gasteiger partial charge in [0.2, 0.25) is 0 Å². The van der Waals surface area contributed by atoms with Crippen LogP contribution < -0.4 is 4.74 Å². The Kier molecular flexibility index (Phi) is 7.20. The molecule has 0 amide bonds. The molecule has 0 aliphatic heterocycles. The summed E-state index contributed by atoms with van der Waals surface area (Å²) in [7, 11) is 0.